The summed E-state index contributed by atoms with van der Waals surface area (Å²) in [5.41, 5.74) is 0.0949. The van der Waals surface area contributed by atoms with Gasteiger partial charge < -0.3 is 10.1 Å². The van der Waals surface area contributed by atoms with Gasteiger partial charge in [0.15, 0.2) is 10.6 Å². The highest BCUT2D eigenvalue weighted by atomic mass is 32.1. The summed E-state index contributed by atoms with van der Waals surface area (Å²) in [5, 5.41) is 19.2. The summed E-state index contributed by atoms with van der Waals surface area (Å²) in [6.45, 7) is 12.2. The van der Waals surface area contributed by atoms with Crippen molar-refractivity contribution in [2.24, 2.45) is 0 Å². The molecule has 1 aromatic carbocycles. The number of anilines is 1. The van der Waals surface area contributed by atoms with Gasteiger partial charge in [0.25, 0.3) is 11.8 Å². The molecule has 0 saturated heterocycles. The molecule has 212 valence electrons. The number of thiophene rings is 1. The van der Waals surface area contributed by atoms with Crippen LogP contribution >= 0.6 is 26.2 Å². The lowest BCUT2D eigenvalue weighted by Crippen LogP contribution is -2.41. The van der Waals surface area contributed by atoms with Crippen molar-refractivity contribution in [3.63, 3.8) is 0 Å². The lowest BCUT2D eigenvalue weighted by Gasteiger charge is -2.35. The van der Waals surface area contributed by atoms with Crippen LogP contribution in [0.5, 0.6) is 5.06 Å². The number of hydrogen-bond acceptors (Lipinski definition) is 7. The summed E-state index contributed by atoms with van der Waals surface area (Å²) in [6.07, 6.45) is 0.926. The Morgan fingerprint density at radius 2 is 1.26 bits per heavy atom. The van der Waals surface area contributed by atoms with Gasteiger partial charge in [-0.15, -0.1) is 0 Å². The van der Waals surface area contributed by atoms with E-state index in [1.54, 1.807) is 24.3 Å². The van der Waals surface area contributed by atoms with Crippen molar-refractivity contribution in [3.8, 4) is 5.06 Å². The largest absolute Gasteiger partial charge is 0.484 e. The van der Waals surface area contributed by atoms with Crippen LogP contribution in [0.15, 0.2) is 36.4 Å². The molecule has 2 heterocycles. The maximum absolute atomic E-state index is 13.7. The molecule has 0 saturated carbocycles. The topological polar surface area (TPSA) is 150 Å². The molecule has 0 unspecified atom stereocenters. The van der Waals surface area contributed by atoms with E-state index < -0.39 is 20.4 Å². The van der Waals surface area contributed by atoms with Crippen LogP contribution in [0.4, 0.5) is 5.00 Å². The number of amides is 2. The van der Waals surface area contributed by atoms with Crippen LogP contribution in [0.1, 0.15) is 61.8 Å². The maximum Gasteiger partial charge on any atom is 0.258 e. The van der Waals surface area contributed by atoms with E-state index in [9.17, 15) is 18.7 Å². The number of ether oxygens (including phenoxy) is 1. The van der Waals surface area contributed by atoms with E-state index in [4.69, 9.17) is 4.74 Å². The SMILES string of the molecule is CCCOc1ccc(NC(P(=O)(NCC)NCC)P(=O)(NCC)NCC)s1.O=C1NC(=O)c2ccccc21. The molecule has 0 atom stereocenters. The van der Waals surface area contributed by atoms with Gasteiger partial charge in [0, 0.05) is 26.2 Å². The van der Waals surface area contributed by atoms with Gasteiger partial charge in [0.05, 0.1) is 22.7 Å². The summed E-state index contributed by atoms with van der Waals surface area (Å²) in [5.74, 6) is -0.601. The number of rotatable bonds is 15. The number of nitrogens with one attached hydrogen (secondary N) is 6. The highest BCUT2D eigenvalue weighted by Gasteiger charge is 2.45. The Hall–Kier alpha value is -2.04. The Labute approximate surface area is 229 Å². The first-order valence-electron chi connectivity index (χ1n) is 12.8. The predicted molar refractivity (Wildman–Crippen MR) is 156 cm³/mol. The zero-order valence-corrected chi connectivity index (χ0v) is 25.2. The van der Waals surface area contributed by atoms with Crippen LogP contribution in [0.3, 0.4) is 0 Å². The summed E-state index contributed by atoms with van der Waals surface area (Å²) in [7, 11) is -6.44. The fourth-order valence-corrected chi connectivity index (χ4v) is 11.0. The van der Waals surface area contributed by atoms with Gasteiger partial charge in [0.1, 0.15) is 0 Å². The van der Waals surface area contributed by atoms with Crippen LogP contribution in [0.25, 0.3) is 0 Å². The second-order valence-corrected chi connectivity index (χ2v) is 14.6. The number of carbonyl (C=O) groups excluding carboxylic acids is 2. The Bertz CT molecular complexity index is 1080. The van der Waals surface area contributed by atoms with E-state index in [1.165, 1.54) is 11.3 Å². The molecular weight excluding hydrogens is 546 g/mol. The van der Waals surface area contributed by atoms with Crippen molar-refractivity contribution in [2.45, 2.75) is 46.6 Å². The van der Waals surface area contributed by atoms with Gasteiger partial charge in [-0.1, -0.05) is 58.1 Å². The number of hydrogen-bond donors (Lipinski definition) is 6. The standard InChI is InChI=1S/C16H35N5O3P2S.C8H5NO2/c1-6-13-24-15-12-11-14(27-15)21-16(25(22,17-7-2)18-8-3)26(23,19-9-4)20-10-5;10-7-5-3-1-2-4-6(5)8(11)9-7/h11-12,16,21H,6-10,13H2,1-5H3,(H2,17,18,22)(H2,19,20,23);1-4H,(H,9,10,11). The minimum Gasteiger partial charge on any atom is -0.484 e. The fourth-order valence-electron chi connectivity index (χ4n) is 3.73. The first-order chi connectivity index (χ1) is 18.2. The molecular formula is C24H40N6O5P2S. The van der Waals surface area contributed by atoms with Gasteiger partial charge in [-0.05, 0) is 30.7 Å². The number of carbonyl (C=O) groups is 2. The molecule has 0 spiro atoms. The van der Waals surface area contributed by atoms with E-state index in [-0.39, 0.29) is 11.8 Å². The van der Waals surface area contributed by atoms with E-state index in [2.05, 4.69) is 37.9 Å². The van der Waals surface area contributed by atoms with Crippen molar-refractivity contribution in [2.75, 3.05) is 38.1 Å². The zero-order valence-electron chi connectivity index (χ0n) is 22.6. The number of benzene rings is 1. The first kappa shape index (κ1) is 32.2. The third kappa shape index (κ3) is 8.48. The molecule has 0 aliphatic carbocycles. The van der Waals surface area contributed by atoms with E-state index >= 15 is 0 Å². The average Bonchev–Trinajstić information content (AvgIpc) is 3.45. The van der Waals surface area contributed by atoms with Gasteiger partial charge in [-0.2, -0.15) is 0 Å². The molecule has 1 aliphatic heterocycles. The normalized spacial score (nSPS) is 13.1. The number of imide groups is 1. The van der Waals surface area contributed by atoms with Crippen molar-refractivity contribution in [3.05, 3.63) is 47.5 Å². The van der Waals surface area contributed by atoms with Crippen LogP contribution in [-0.2, 0) is 9.13 Å². The smallest absolute Gasteiger partial charge is 0.258 e. The maximum atomic E-state index is 13.7. The van der Waals surface area contributed by atoms with E-state index in [0.717, 1.165) is 16.5 Å². The monoisotopic (exact) mass is 586 g/mol. The Kier molecular flexibility index (Phi) is 13.1. The molecule has 2 amide bonds. The fraction of sp³-hybridized carbons (Fsp3) is 0.500. The zero-order chi connectivity index (χ0) is 28.2. The lowest BCUT2D eigenvalue weighted by atomic mass is 10.1. The minimum atomic E-state index is -3.22. The summed E-state index contributed by atoms with van der Waals surface area (Å²) < 4.78 is 33.1. The average molecular weight is 587 g/mol. The molecule has 0 fully saturated rings. The molecule has 38 heavy (non-hydrogen) atoms. The van der Waals surface area contributed by atoms with Crippen LogP contribution < -0.4 is 35.7 Å². The second-order valence-electron chi connectivity index (χ2n) is 8.18. The molecule has 1 aliphatic rings. The van der Waals surface area contributed by atoms with Crippen molar-refractivity contribution < 1.29 is 23.5 Å². The third-order valence-electron chi connectivity index (χ3n) is 5.21. The highest BCUT2D eigenvalue weighted by Crippen LogP contribution is 2.60. The highest BCUT2D eigenvalue weighted by molar-refractivity contribution is 7.78. The molecule has 6 N–H and O–H groups in total. The predicted octanol–water partition coefficient (Wildman–Crippen LogP) is 4.63. The van der Waals surface area contributed by atoms with Crippen LogP contribution in [-0.4, -0.2) is 50.1 Å². The third-order valence-corrected chi connectivity index (χ3v) is 12.9. The molecule has 3 rings (SSSR count). The quantitative estimate of drug-likeness (QED) is 0.129. The Balaban J connectivity index is 0.000000377. The minimum absolute atomic E-state index is 0.300. The van der Waals surface area contributed by atoms with Gasteiger partial charge >= 0.3 is 0 Å². The Morgan fingerprint density at radius 1 is 0.789 bits per heavy atom. The first-order valence-corrected chi connectivity index (χ1v) is 17.2. The lowest BCUT2D eigenvalue weighted by molar-refractivity contribution is 0.0879. The summed E-state index contributed by atoms with van der Waals surface area (Å²) in [4.78, 5) is 21.9. The van der Waals surface area contributed by atoms with Crippen molar-refractivity contribution in [1.82, 2.24) is 25.7 Å². The summed E-state index contributed by atoms with van der Waals surface area (Å²) in [6, 6.07) is 10.5. The van der Waals surface area contributed by atoms with Crippen molar-refractivity contribution in [1.29, 1.82) is 0 Å². The molecule has 0 radical (unpaired) electrons. The van der Waals surface area contributed by atoms with Gasteiger partial charge in [0.2, 0.25) is 14.9 Å². The van der Waals surface area contributed by atoms with Gasteiger partial charge in [-0.25, -0.2) is 0 Å². The number of fused-ring (bicyclic) bond motifs is 1. The van der Waals surface area contributed by atoms with Crippen LogP contribution in [0, 0.1) is 0 Å². The molecule has 2 aromatic rings. The molecule has 11 nitrogen and oxygen atoms in total. The molecule has 0 bridgehead atoms. The Morgan fingerprint density at radius 3 is 1.68 bits per heavy atom. The van der Waals surface area contributed by atoms with Crippen molar-refractivity contribution >= 4 is 43.0 Å². The molecule has 14 heteroatoms. The second kappa shape index (κ2) is 15.5. The van der Waals surface area contributed by atoms with E-state index in [1.807, 2.05) is 39.8 Å². The van der Waals surface area contributed by atoms with E-state index in [0.29, 0.717) is 43.9 Å². The van der Waals surface area contributed by atoms with Crippen LogP contribution in [0.2, 0.25) is 0 Å². The molecule has 1 aromatic heterocycles. The summed E-state index contributed by atoms with van der Waals surface area (Å²) >= 11 is 1.42. The van der Waals surface area contributed by atoms with Gasteiger partial charge in [-0.3, -0.25) is 44.4 Å².